The molecule has 1 rings (SSSR count). The Kier molecular flexibility index (Phi) is 6.68. The van der Waals surface area contributed by atoms with Gasteiger partial charge in [-0.3, -0.25) is 0 Å². The first-order valence-electron chi connectivity index (χ1n) is 7.21. The van der Waals surface area contributed by atoms with E-state index in [1.165, 1.54) is 5.56 Å². The van der Waals surface area contributed by atoms with Crippen molar-refractivity contribution in [2.75, 3.05) is 18.1 Å². The van der Waals surface area contributed by atoms with Gasteiger partial charge in [0, 0.05) is 12.3 Å². The topological polar surface area (TPSA) is 75.3 Å². The van der Waals surface area contributed by atoms with Crippen LogP contribution in [0.3, 0.4) is 0 Å². The fourth-order valence-electron chi connectivity index (χ4n) is 1.84. The van der Waals surface area contributed by atoms with Crippen LogP contribution in [-0.4, -0.2) is 32.5 Å². The van der Waals surface area contributed by atoms with Crippen LogP contribution in [-0.2, 0) is 16.3 Å². The summed E-state index contributed by atoms with van der Waals surface area (Å²) in [6.07, 6.45) is 0.981. The summed E-state index contributed by atoms with van der Waals surface area (Å²) in [6, 6.07) is 7.59. The average molecular weight is 312 g/mol. The maximum absolute atomic E-state index is 11.7. The summed E-state index contributed by atoms with van der Waals surface area (Å²) in [7, 11) is -3.05. The first-order chi connectivity index (χ1) is 9.88. The highest BCUT2D eigenvalue weighted by atomic mass is 32.2. The van der Waals surface area contributed by atoms with Gasteiger partial charge in [-0.05, 0) is 24.5 Å². The van der Waals surface area contributed by atoms with Gasteiger partial charge in [-0.1, -0.05) is 38.1 Å². The Morgan fingerprint density at radius 3 is 2.33 bits per heavy atom. The standard InChI is InChI=1S/C15H24N2O3S/c1-4-13-6-8-14(9-7-13)12(3)17-15(18)16-10-11-21(19,20)5-2/h6-9,12H,4-5,10-11H2,1-3H3,(H2,16,17,18)/t12-/m1/s1. The van der Waals surface area contributed by atoms with E-state index < -0.39 is 9.84 Å². The van der Waals surface area contributed by atoms with Crippen molar-refractivity contribution in [1.82, 2.24) is 10.6 Å². The van der Waals surface area contributed by atoms with Crippen LogP contribution in [0.4, 0.5) is 4.79 Å². The molecule has 0 spiro atoms. The Balaban J connectivity index is 2.43. The number of rotatable bonds is 7. The number of amides is 2. The third-order valence-electron chi connectivity index (χ3n) is 3.37. The minimum atomic E-state index is -3.05. The molecule has 0 unspecified atom stereocenters. The van der Waals surface area contributed by atoms with Gasteiger partial charge in [0.05, 0.1) is 11.8 Å². The molecule has 0 heterocycles. The number of hydrogen-bond acceptors (Lipinski definition) is 3. The lowest BCUT2D eigenvalue weighted by Crippen LogP contribution is -2.39. The second kappa shape index (κ2) is 8.02. The van der Waals surface area contributed by atoms with Crippen molar-refractivity contribution in [3.05, 3.63) is 35.4 Å². The van der Waals surface area contributed by atoms with Gasteiger partial charge in [-0.15, -0.1) is 0 Å². The van der Waals surface area contributed by atoms with Crippen molar-refractivity contribution >= 4 is 15.9 Å². The minimum absolute atomic E-state index is 0.0313. The summed E-state index contributed by atoms with van der Waals surface area (Å²) >= 11 is 0. The van der Waals surface area contributed by atoms with Crippen LogP contribution in [0.1, 0.15) is 37.9 Å². The Morgan fingerprint density at radius 1 is 1.19 bits per heavy atom. The number of carbonyl (C=O) groups excluding carboxylic acids is 1. The summed E-state index contributed by atoms with van der Waals surface area (Å²) in [5, 5.41) is 5.36. The SMILES string of the molecule is CCc1ccc([C@@H](C)NC(=O)NCCS(=O)(=O)CC)cc1. The molecule has 0 aromatic heterocycles. The molecule has 2 amide bonds. The zero-order chi connectivity index (χ0) is 15.9. The number of sulfone groups is 1. The molecule has 0 saturated carbocycles. The van der Waals surface area contributed by atoms with Crippen molar-refractivity contribution in [3.8, 4) is 0 Å². The molecule has 0 bridgehead atoms. The molecule has 6 heteroatoms. The van der Waals surface area contributed by atoms with E-state index in [1.54, 1.807) is 6.92 Å². The highest BCUT2D eigenvalue weighted by Crippen LogP contribution is 2.13. The van der Waals surface area contributed by atoms with E-state index in [9.17, 15) is 13.2 Å². The number of nitrogens with one attached hydrogen (secondary N) is 2. The zero-order valence-corrected chi connectivity index (χ0v) is 13.7. The Hall–Kier alpha value is -1.56. The summed E-state index contributed by atoms with van der Waals surface area (Å²) in [5.41, 5.74) is 2.27. The van der Waals surface area contributed by atoms with Crippen molar-refractivity contribution < 1.29 is 13.2 Å². The molecule has 0 fully saturated rings. The van der Waals surface area contributed by atoms with Gasteiger partial charge < -0.3 is 10.6 Å². The quantitative estimate of drug-likeness (QED) is 0.809. The first kappa shape index (κ1) is 17.5. The van der Waals surface area contributed by atoms with E-state index in [0.717, 1.165) is 12.0 Å². The molecule has 1 aromatic rings. The maximum atomic E-state index is 11.7. The normalized spacial score (nSPS) is 12.7. The molecule has 2 N–H and O–H groups in total. The Morgan fingerprint density at radius 2 is 1.81 bits per heavy atom. The molecule has 21 heavy (non-hydrogen) atoms. The van der Waals surface area contributed by atoms with E-state index >= 15 is 0 Å². The van der Waals surface area contributed by atoms with E-state index in [1.807, 2.05) is 31.2 Å². The van der Waals surface area contributed by atoms with Gasteiger partial charge in [0.2, 0.25) is 0 Å². The number of carbonyl (C=O) groups is 1. The van der Waals surface area contributed by atoms with Crippen LogP contribution in [0.15, 0.2) is 24.3 Å². The number of hydrogen-bond donors (Lipinski definition) is 2. The van der Waals surface area contributed by atoms with Crippen LogP contribution in [0.2, 0.25) is 0 Å². The van der Waals surface area contributed by atoms with Gasteiger partial charge in [0.25, 0.3) is 0 Å². The number of benzene rings is 1. The van der Waals surface area contributed by atoms with E-state index in [2.05, 4.69) is 17.6 Å². The molecule has 0 saturated heterocycles. The minimum Gasteiger partial charge on any atom is -0.337 e. The average Bonchev–Trinajstić information content (AvgIpc) is 2.47. The van der Waals surface area contributed by atoms with Crippen molar-refractivity contribution in [2.45, 2.75) is 33.2 Å². The van der Waals surface area contributed by atoms with Crippen LogP contribution in [0.5, 0.6) is 0 Å². The van der Waals surface area contributed by atoms with Gasteiger partial charge in [0.1, 0.15) is 0 Å². The molecule has 0 aliphatic carbocycles. The molecular formula is C15H24N2O3S. The van der Waals surface area contributed by atoms with Crippen LogP contribution in [0.25, 0.3) is 0 Å². The molecule has 0 radical (unpaired) electrons. The predicted molar refractivity (Wildman–Crippen MR) is 85.1 cm³/mol. The van der Waals surface area contributed by atoms with E-state index in [-0.39, 0.29) is 30.1 Å². The molecule has 118 valence electrons. The van der Waals surface area contributed by atoms with Gasteiger partial charge >= 0.3 is 6.03 Å². The second-order valence-corrected chi connectivity index (χ2v) is 7.43. The highest BCUT2D eigenvalue weighted by molar-refractivity contribution is 7.91. The van der Waals surface area contributed by atoms with Crippen LogP contribution >= 0.6 is 0 Å². The molecule has 0 aliphatic heterocycles. The van der Waals surface area contributed by atoms with E-state index in [0.29, 0.717) is 0 Å². The summed E-state index contributed by atoms with van der Waals surface area (Å²) in [5.74, 6) is 0.0625. The summed E-state index contributed by atoms with van der Waals surface area (Å²) < 4.78 is 22.6. The van der Waals surface area contributed by atoms with E-state index in [4.69, 9.17) is 0 Å². The number of urea groups is 1. The number of aryl methyl sites for hydroxylation is 1. The lowest BCUT2D eigenvalue weighted by Gasteiger charge is -2.15. The predicted octanol–water partition coefficient (Wildman–Crippen LogP) is 2.04. The molecule has 1 atom stereocenters. The zero-order valence-electron chi connectivity index (χ0n) is 12.8. The lowest BCUT2D eigenvalue weighted by molar-refractivity contribution is 0.238. The van der Waals surface area contributed by atoms with Crippen LogP contribution < -0.4 is 10.6 Å². The largest absolute Gasteiger partial charge is 0.337 e. The Bertz CT molecular complexity index is 553. The molecular weight excluding hydrogens is 288 g/mol. The second-order valence-electron chi connectivity index (χ2n) is 4.95. The third kappa shape index (κ3) is 6.16. The Labute approximate surface area is 127 Å². The molecule has 5 nitrogen and oxygen atoms in total. The monoisotopic (exact) mass is 312 g/mol. The fraction of sp³-hybridized carbons (Fsp3) is 0.533. The van der Waals surface area contributed by atoms with Crippen molar-refractivity contribution in [3.63, 3.8) is 0 Å². The summed E-state index contributed by atoms with van der Waals surface area (Å²) in [6.45, 7) is 5.71. The maximum Gasteiger partial charge on any atom is 0.315 e. The third-order valence-corrected chi connectivity index (χ3v) is 5.08. The molecule has 0 aliphatic rings. The summed E-state index contributed by atoms with van der Waals surface area (Å²) in [4.78, 5) is 11.7. The van der Waals surface area contributed by atoms with Crippen LogP contribution in [0, 0.1) is 0 Å². The first-order valence-corrected chi connectivity index (χ1v) is 9.03. The lowest BCUT2D eigenvalue weighted by atomic mass is 10.1. The molecule has 1 aromatic carbocycles. The van der Waals surface area contributed by atoms with Crippen molar-refractivity contribution in [1.29, 1.82) is 0 Å². The fourth-order valence-corrected chi connectivity index (χ4v) is 2.54. The van der Waals surface area contributed by atoms with Gasteiger partial charge in [0.15, 0.2) is 9.84 Å². The van der Waals surface area contributed by atoms with Crippen molar-refractivity contribution in [2.24, 2.45) is 0 Å². The smallest absolute Gasteiger partial charge is 0.315 e. The van der Waals surface area contributed by atoms with Gasteiger partial charge in [-0.2, -0.15) is 0 Å². The highest BCUT2D eigenvalue weighted by Gasteiger charge is 2.11. The van der Waals surface area contributed by atoms with Gasteiger partial charge in [-0.25, -0.2) is 13.2 Å².